The molecule has 0 radical (unpaired) electrons. The van der Waals surface area contributed by atoms with E-state index in [2.05, 4.69) is 10.1 Å². The van der Waals surface area contributed by atoms with Crippen LogP contribution in [-0.4, -0.2) is 23.0 Å². The molecule has 5 nitrogen and oxygen atoms in total. The first-order chi connectivity index (χ1) is 8.20. The second kappa shape index (κ2) is 4.69. The number of nitrogens with zero attached hydrogens (tertiary/aromatic N) is 3. The molecule has 5 heteroatoms. The fourth-order valence-corrected chi connectivity index (χ4v) is 1.49. The highest BCUT2D eigenvalue weighted by Crippen LogP contribution is 2.15. The molecule has 2 aromatic rings. The van der Waals surface area contributed by atoms with Crippen LogP contribution < -0.4 is 10.5 Å². The number of aromatic nitrogens is 2. The van der Waals surface area contributed by atoms with Crippen molar-refractivity contribution in [1.82, 2.24) is 9.66 Å². The van der Waals surface area contributed by atoms with E-state index in [-0.39, 0.29) is 0 Å². The Hall–Kier alpha value is -2.30. The topological polar surface area (TPSA) is 65.4 Å². The SMILES string of the molecule is COc1ccccc1C=Nn1cc(C)nc1N. The van der Waals surface area contributed by atoms with Crippen LogP contribution in [0.2, 0.25) is 0 Å². The van der Waals surface area contributed by atoms with E-state index < -0.39 is 0 Å². The van der Waals surface area contributed by atoms with Gasteiger partial charge in [0.25, 0.3) is 0 Å². The average molecular weight is 230 g/mol. The molecular formula is C12H14N4O. The third-order valence-electron chi connectivity index (χ3n) is 2.29. The summed E-state index contributed by atoms with van der Waals surface area (Å²) in [5, 5.41) is 4.23. The van der Waals surface area contributed by atoms with Gasteiger partial charge in [-0.3, -0.25) is 0 Å². The monoisotopic (exact) mass is 230 g/mol. The summed E-state index contributed by atoms with van der Waals surface area (Å²) in [4.78, 5) is 4.06. The number of nitrogens with two attached hydrogens (primary N) is 1. The first kappa shape index (κ1) is 11.2. The molecule has 88 valence electrons. The van der Waals surface area contributed by atoms with Gasteiger partial charge in [-0.25, -0.2) is 9.66 Å². The van der Waals surface area contributed by atoms with E-state index in [0.717, 1.165) is 17.0 Å². The molecule has 1 aromatic carbocycles. The molecule has 0 saturated carbocycles. The van der Waals surface area contributed by atoms with Crippen molar-refractivity contribution in [3.8, 4) is 5.75 Å². The molecule has 0 aliphatic carbocycles. The van der Waals surface area contributed by atoms with Crippen LogP contribution in [0.1, 0.15) is 11.3 Å². The normalized spacial score (nSPS) is 10.9. The van der Waals surface area contributed by atoms with Gasteiger partial charge in [-0.15, -0.1) is 0 Å². The lowest BCUT2D eigenvalue weighted by atomic mass is 10.2. The number of para-hydroxylation sites is 1. The third kappa shape index (κ3) is 2.44. The largest absolute Gasteiger partial charge is 0.496 e. The van der Waals surface area contributed by atoms with E-state index in [1.165, 1.54) is 4.68 Å². The molecule has 0 aliphatic rings. The molecule has 1 heterocycles. The Morgan fingerprint density at radius 3 is 2.82 bits per heavy atom. The summed E-state index contributed by atoms with van der Waals surface area (Å²) in [6.07, 6.45) is 3.46. The molecule has 0 saturated heterocycles. The average Bonchev–Trinajstić information content (AvgIpc) is 2.65. The van der Waals surface area contributed by atoms with Crippen LogP contribution in [0.15, 0.2) is 35.6 Å². The lowest BCUT2D eigenvalue weighted by molar-refractivity contribution is 0.414. The van der Waals surface area contributed by atoms with Gasteiger partial charge in [0.2, 0.25) is 5.95 Å². The van der Waals surface area contributed by atoms with Crippen molar-refractivity contribution in [1.29, 1.82) is 0 Å². The summed E-state index contributed by atoms with van der Waals surface area (Å²) < 4.78 is 6.75. The summed E-state index contributed by atoms with van der Waals surface area (Å²) in [6.45, 7) is 1.87. The van der Waals surface area contributed by atoms with Gasteiger partial charge in [-0.05, 0) is 19.1 Å². The molecule has 2 N–H and O–H groups in total. The molecule has 0 atom stereocenters. The molecule has 0 aliphatic heterocycles. The minimum absolute atomic E-state index is 0.369. The summed E-state index contributed by atoms with van der Waals surface area (Å²) in [6, 6.07) is 7.63. The van der Waals surface area contributed by atoms with Crippen LogP contribution in [0.25, 0.3) is 0 Å². The van der Waals surface area contributed by atoms with Crippen LogP contribution >= 0.6 is 0 Å². The highest BCUT2D eigenvalue weighted by atomic mass is 16.5. The number of hydrogen-bond acceptors (Lipinski definition) is 4. The second-order valence-corrected chi connectivity index (χ2v) is 3.57. The van der Waals surface area contributed by atoms with E-state index >= 15 is 0 Å². The Labute approximate surface area is 99.5 Å². The molecule has 0 fully saturated rings. The van der Waals surface area contributed by atoms with Crippen LogP contribution in [0.4, 0.5) is 5.95 Å². The van der Waals surface area contributed by atoms with Crippen LogP contribution in [-0.2, 0) is 0 Å². The van der Waals surface area contributed by atoms with Gasteiger partial charge in [0.1, 0.15) is 5.75 Å². The Balaban J connectivity index is 2.29. The first-order valence-corrected chi connectivity index (χ1v) is 5.19. The van der Waals surface area contributed by atoms with Crippen molar-refractivity contribution in [2.24, 2.45) is 5.10 Å². The summed E-state index contributed by atoms with van der Waals surface area (Å²) in [5.41, 5.74) is 7.41. The maximum absolute atomic E-state index is 5.68. The number of hydrogen-bond donors (Lipinski definition) is 1. The zero-order chi connectivity index (χ0) is 12.3. The lowest BCUT2D eigenvalue weighted by Gasteiger charge is -2.02. The summed E-state index contributed by atoms with van der Waals surface area (Å²) >= 11 is 0. The molecule has 0 amide bonds. The maximum Gasteiger partial charge on any atom is 0.221 e. The third-order valence-corrected chi connectivity index (χ3v) is 2.29. The number of methoxy groups -OCH3 is 1. The van der Waals surface area contributed by atoms with Gasteiger partial charge in [0.05, 0.1) is 25.2 Å². The summed E-state index contributed by atoms with van der Waals surface area (Å²) in [7, 11) is 1.63. The number of anilines is 1. The van der Waals surface area contributed by atoms with Crippen LogP contribution in [0, 0.1) is 6.92 Å². The van der Waals surface area contributed by atoms with Gasteiger partial charge in [-0.1, -0.05) is 12.1 Å². The molecular weight excluding hydrogens is 216 g/mol. The van der Waals surface area contributed by atoms with E-state index in [9.17, 15) is 0 Å². The smallest absolute Gasteiger partial charge is 0.221 e. The molecule has 0 bridgehead atoms. The van der Waals surface area contributed by atoms with Crippen molar-refractivity contribution < 1.29 is 4.74 Å². The fraction of sp³-hybridized carbons (Fsp3) is 0.167. The van der Waals surface area contributed by atoms with E-state index in [1.54, 1.807) is 19.5 Å². The zero-order valence-electron chi connectivity index (χ0n) is 9.79. The molecule has 2 rings (SSSR count). The highest BCUT2D eigenvalue weighted by molar-refractivity contribution is 5.83. The fourth-order valence-electron chi connectivity index (χ4n) is 1.49. The number of aryl methyl sites for hydroxylation is 1. The summed E-state index contributed by atoms with van der Waals surface area (Å²) in [5.74, 6) is 1.14. The minimum Gasteiger partial charge on any atom is -0.496 e. The van der Waals surface area contributed by atoms with Crippen molar-refractivity contribution in [3.63, 3.8) is 0 Å². The Morgan fingerprint density at radius 2 is 2.18 bits per heavy atom. The van der Waals surface area contributed by atoms with E-state index in [0.29, 0.717) is 5.95 Å². The lowest BCUT2D eigenvalue weighted by Crippen LogP contribution is -1.97. The Kier molecular flexibility index (Phi) is 3.09. The Bertz CT molecular complexity index is 545. The van der Waals surface area contributed by atoms with Crippen molar-refractivity contribution in [2.45, 2.75) is 6.92 Å². The van der Waals surface area contributed by atoms with Gasteiger partial charge in [0.15, 0.2) is 0 Å². The van der Waals surface area contributed by atoms with Gasteiger partial charge in [0, 0.05) is 5.56 Å². The number of nitrogen functional groups attached to an aromatic ring is 1. The standard InChI is InChI=1S/C12H14N4O/c1-9-8-16(12(13)15-9)14-7-10-5-3-4-6-11(10)17-2/h3-8H,1-2H3,(H2,13,15). The number of rotatable bonds is 3. The Morgan fingerprint density at radius 1 is 1.41 bits per heavy atom. The number of imidazole rings is 1. The zero-order valence-corrected chi connectivity index (χ0v) is 9.79. The minimum atomic E-state index is 0.369. The maximum atomic E-state index is 5.68. The highest BCUT2D eigenvalue weighted by Gasteiger charge is 2.00. The molecule has 17 heavy (non-hydrogen) atoms. The van der Waals surface area contributed by atoms with Crippen molar-refractivity contribution in [3.05, 3.63) is 41.7 Å². The molecule has 1 aromatic heterocycles. The van der Waals surface area contributed by atoms with E-state index in [4.69, 9.17) is 10.5 Å². The van der Waals surface area contributed by atoms with Crippen molar-refractivity contribution in [2.75, 3.05) is 12.8 Å². The quantitative estimate of drug-likeness (QED) is 0.815. The second-order valence-electron chi connectivity index (χ2n) is 3.57. The predicted octanol–water partition coefficient (Wildman–Crippen LogP) is 1.66. The van der Waals surface area contributed by atoms with Gasteiger partial charge >= 0.3 is 0 Å². The van der Waals surface area contributed by atoms with E-state index in [1.807, 2.05) is 31.2 Å². The molecule has 0 spiro atoms. The number of benzene rings is 1. The predicted molar refractivity (Wildman–Crippen MR) is 67.4 cm³/mol. The molecule has 0 unspecified atom stereocenters. The van der Waals surface area contributed by atoms with Gasteiger partial charge < -0.3 is 10.5 Å². The number of ether oxygens (including phenoxy) is 1. The first-order valence-electron chi connectivity index (χ1n) is 5.19. The van der Waals surface area contributed by atoms with Crippen LogP contribution in [0.5, 0.6) is 5.75 Å². The van der Waals surface area contributed by atoms with Crippen molar-refractivity contribution >= 4 is 12.2 Å². The van der Waals surface area contributed by atoms with Crippen LogP contribution in [0.3, 0.4) is 0 Å². The van der Waals surface area contributed by atoms with Gasteiger partial charge in [-0.2, -0.15) is 5.10 Å².